The number of ether oxygens (including phenoxy) is 2. The minimum absolute atomic E-state index is 0.362. The van der Waals surface area contributed by atoms with E-state index in [1.54, 1.807) is 6.92 Å². The van der Waals surface area contributed by atoms with Gasteiger partial charge in [-0.3, -0.25) is 4.79 Å². The topological polar surface area (TPSA) is 52.6 Å². The Bertz CT molecular complexity index is 463. The van der Waals surface area contributed by atoms with E-state index in [1.807, 2.05) is 6.92 Å². The van der Waals surface area contributed by atoms with E-state index in [9.17, 15) is 18.4 Å². The highest BCUT2D eigenvalue weighted by atomic mass is 19.3. The molecule has 4 fully saturated rings. The summed E-state index contributed by atoms with van der Waals surface area (Å²) in [6.45, 7) is 3.20. The summed E-state index contributed by atoms with van der Waals surface area (Å²) in [6.07, 6.45) is 2.62. The molecular weight excluding hydrogens is 306 g/mol. The Hall–Kier alpha value is -1.20. The quantitative estimate of drug-likeness (QED) is 0.727. The first-order valence-electron chi connectivity index (χ1n) is 8.47. The summed E-state index contributed by atoms with van der Waals surface area (Å²) in [5.41, 5.74) is -0.453. The molecule has 0 spiro atoms. The predicted molar refractivity (Wildman–Crippen MR) is 77.7 cm³/mol. The molecule has 1 unspecified atom stereocenters. The molecule has 6 heteroatoms. The fourth-order valence-electron chi connectivity index (χ4n) is 4.94. The van der Waals surface area contributed by atoms with Gasteiger partial charge in [0.05, 0.1) is 5.92 Å². The average molecular weight is 330 g/mol. The van der Waals surface area contributed by atoms with Gasteiger partial charge in [0.25, 0.3) is 0 Å². The second kappa shape index (κ2) is 6.02. The Kier molecular flexibility index (Phi) is 4.36. The average Bonchev–Trinajstić information content (AvgIpc) is 2.49. The normalized spacial score (nSPS) is 39.3. The van der Waals surface area contributed by atoms with Crippen molar-refractivity contribution < 1.29 is 27.8 Å². The zero-order valence-corrected chi connectivity index (χ0v) is 13.6. The van der Waals surface area contributed by atoms with Crippen molar-refractivity contribution in [3.63, 3.8) is 0 Å². The summed E-state index contributed by atoms with van der Waals surface area (Å²) in [5, 5.41) is 0. The van der Waals surface area contributed by atoms with Crippen molar-refractivity contribution in [3.05, 3.63) is 0 Å². The van der Waals surface area contributed by atoms with Crippen LogP contribution in [-0.2, 0) is 19.1 Å². The third-order valence-electron chi connectivity index (χ3n) is 6.14. The number of carbonyl (C=O) groups excluding carboxylic acids is 2. The summed E-state index contributed by atoms with van der Waals surface area (Å²) < 4.78 is 34.5. The molecule has 0 N–H and O–H groups in total. The highest BCUT2D eigenvalue weighted by Gasteiger charge is 2.57. The predicted octanol–water partition coefficient (Wildman–Crippen LogP) is 3.19. The molecule has 0 aliphatic heterocycles. The summed E-state index contributed by atoms with van der Waals surface area (Å²) in [6, 6.07) is 0. The van der Waals surface area contributed by atoms with Gasteiger partial charge in [0.2, 0.25) is 0 Å². The van der Waals surface area contributed by atoms with Crippen molar-refractivity contribution in [1.29, 1.82) is 0 Å². The van der Waals surface area contributed by atoms with Gasteiger partial charge in [-0.15, -0.1) is 0 Å². The Morgan fingerprint density at radius 3 is 2.04 bits per heavy atom. The van der Waals surface area contributed by atoms with E-state index in [-0.39, 0.29) is 6.61 Å². The molecule has 0 aromatic heterocycles. The first-order valence-corrected chi connectivity index (χ1v) is 8.47. The zero-order valence-electron chi connectivity index (χ0n) is 13.6. The lowest BCUT2D eigenvalue weighted by molar-refractivity contribution is -0.208. The monoisotopic (exact) mass is 330 g/mol. The van der Waals surface area contributed by atoms with Gasteiger partial charge in [-0.25, -0.2) is 4.79 Å². The lowest BCUT2D eigenvalue weighted by Crippen LogP contribution is -2.58. The molecule has 130 valence electrons. The van der Waals surface area contributed by atoms with Crippen molar-refractivity contribution >= 4 is 11.9 Å². The number of carbonyl (C=O) groups is 2. The summed E-state index contributed by atoms with van der Waals surface area (Å²) in [4.78, 5) is 23.1. The van der Waals surface area contributed by atoms with E-state index in [2.05, 4.69) is 4.74 Å². The van der Waals surface area contributed by atoms with Crippen molar-refractivity contribution in [1.82, 2.24) is 0 Å². The van der Waals surface area contributed by atoms with Crippen LogP contribution in [0.15, 0.2) is 0 Å². The highest BCUT2D eigenvalue weighted by Crippen LogP contribution is 2.59. The van der Waals surface area contributed by atoms with Crippen molar-refractivity contribution in [2.24, 2.45) is 29.6 Å². The molecule has 0 amide bonds. The minimum atomic E-state index is -3.17. The Labute approximate surface area is 134 Å². The van der Waals surface area contributed by atoms with E-state index >= 15 is 0 Å². The maximum Gasteiger partial charge on any atom is 0.373 e. The van der Waals surface area contributed by atoms with Crippen LogP contribution in [0.1, 0.15) is 46.0 Å². The largest absolute Gasteiger partial charge is 0.461 e. The fourth-order valence-corrected chi connectivity index (χ4v) is 4.94. The third-order valence-corrected chi connectivity index (χ3v) is 6.14. The Balaban J connectivity index is 1.58. The molecule has 0 radical (unpaired) electrons. The van der Waals surface area contributed by atoms with Crippen LogP contribution in [0, 0.1) is 29.6 Å². The molecule has 4 bridgehead atoms. The van der Waals surface area contributed by atoms with E-state index in [4.69, 9.17) is 4.74 Å². The van der Waals surface area contributed by atoms with Crippen molar-refractivity contribution in [2.75, 3.05) is 6.61 Å². The number of rotatable bonds is 5. The second-order valence-corrected chi connectivity index (χ2v) is 7.74. The van der Waals surface area contributed by atoms with Crippen molar-refractivity contribution in [3.8, 4) is 0 Å². The van der Waals surface area contributed by atoms with E-state index < -0.39 is 29.9 Å². The van der Waals surface area contributed by atoms with Crippen LogP contribution in [0.25, 0.3) is 0 Å². The summed E-state index contributed by atoms with van der Waals surface area (Å²) in [7, 11) is 0. The van der Waals surface area contributed by atoms with Gasteiger partial charge in [-0.05, 0) is 69.6 Å². The molecule has 4 aliphatic carbocycles. The molecule has 4 saturated carbocycles. The first kappa shape index (κ1) is 16.7. The molecule has 0 saturated heterocycles. The van der Waals surface area contributed by atoms with Crippen LogP contribution in [0.3, 0.4) is 0 Å². The summed E-state index contributed by atoms with van der Waals surface area (Å²) in [5.74, 6) is -0.432. The lowest BCUT2D eigenvalue weighted by atomic mass is 9.50. The smallest absolute Gasteiger partial charge is 0.373 e. The van der Waals surface area contributed by atoms with Crippen LogP contribution in [-0.4, -0.2) is 30.6 Å². The van der Waals surface area contributed by atoms with Crippen LogP contribution >= 0.6 is 0 Å². The van der Waals surface area contributed by atoms with Crippen LogP contribution in [0.2, 0.25) is 0 Å². The Morgan fingerprint density at radius 2 is 1.57 bits per heavy atom. The molecule has 4 aliphatic rings. The van der Waals surface area contributed by atoms with Gasteiger partial charge < -0.3 is 9.47 Å². The Morgan fingerprint density at radius 1 is 1.04 bits per heavy atom. The third kappa shape index (κ3) is 3.09. The number of halogens is 2. The van der Waals surface area contributed by atoms with Crippen LogP contribution < -0.4 is 0 Å². The standard InChI is InChI=1S/C17H24F2O4/c1-9(8-22-16(21)14(18)19)15(20)23-17(2)12-4-10-3-11(6-12)7-13(17)5-10/h9-14H,3-8H2,1-2H3. The molecule has 23 heavy (non-hydrogen) atoms. The zero-order chi connectivity index (χ0) is 16.8. The van der Waals surface area contributed by atoms with Gasteiger partial charge in [-0.1, -0.05) is 0 Å². The molecule has 0 aromatic rings. The van der Waals surface area contributed by atoms with E-state index in [0.717, 1.165) is 37.5 Å². The highest BCUT2D eigenvalue weighted by molar-refractivity contribution is 5.75. The maximum absolute atomic E-state index is 12.3. The molecule has 0 aromatic carbocycles. The van der Waals surface area contributed by atoms with Gasteiger partial charge in [0.15, 0.2) is 0 Å². The molecule has 4 nitrogen and oxygen atoms in total. The fraction of sp³-hybridized carbons (Fsp3) is 0.882. The first-order chi connectivity index (χ1) is 10.8. The molecule has 0 heterocycles. The maximum atomic E-state index is 12.3. The van der Waals surface area contributed by atoms with E-state index in [0.29, 0.717) is 11.8 Å². The lowest BCUT2D eigenvalue weighted by Gasteiger charge is -2.59. The SMILES string of the molecule is CC(COC(=O)C(F)F)C(=O)OC1(C)C2CC3CC(C2)CC1C3. The number of esters is 2. The van der Waals surface area contributed by atoms with Gasteiger partial charge in [0.1, 0.15) is 12.2 Å². The number of hydrogen-bond donors (Lipinski definition) is 0. The number of alkyl halides is 2. The van der Waals surface area contributed by atoms with Crippen LogP contribution in [0.4, 0.5) is 8.78 Å². The minimum Gasteiger partial charge on any atom is -0.461 e. The molecular formula is C17H24F2O4. The van der Waals surface area contributed by atoms with E-state index in [1.165, 1.54) is 6.42 Å². The van der Waals surface area contributed by atoms with Crippen LogP contribution in [0.5, 0.6) is 0 Å². The van der Waals surface area contributed by atoms with Gasteiger partial charge in [-0.2, -0.15) is 8.78 Å². The van der Waals surface area contributed by atoms with Gasteiger partial charge >= 0.3 is 18.4 Å². The van der Waals surface area contributed by atoms with Crippen molar-refractivity contribution in [2.45, 2.75) is 58.0 Å². The number of hydrogen-bond acceptors (Lipinski definition) is 4. The van der Waals surface area contributed by atoms with Gasteiger partial charge in [0, 0.05) is 0 Å². The second-order valence-electron chi connectivity index (χ2n) is 7.74. The molecule has 1 atom stereocenters. The summed E-state index contributed by atoms with van der Waals surface area (Å²) >= 11 is 0. The molecule has 4 rings (SSSR count).